The number of hydrogen-bond donors (Lipinski definition) is 2. The van der Waals surface area contributed by atoms with Crippen LogP contribution >= 0.6 is 0 Å². The highest BCUT2D eigenvalue weighted by molar-refractivity contribution is 5.93. The van der Waals surface area contributed by atoms with E-state index >= 15 is 0 Å². The molecule has 2 N–H and O–H groups in total. The number of carbonyl (C=O) groups is 1. The maximum absolute atomic E-state index is 12.9. The number of aromatic nitrogens is 1. The van der Waals surface area contributed by atoms with Gasteiger partial charge in [-0.15, -0.1) is 0 Å². The van der Waals surface area contributed by atoms with E-state index in [4.69, 9.17) is 9.84 Å². The minimum atomic E-state index is -1.22. The Labute approximate surface area is 98.6 Å². The van der Waals surface area contributed by atoms with E-state index in [0.29, 0.717) is 13.2 Å². The molecule has 1 atom stereocenters. The predicted octanol–water partition coefficient (Wildman–Crippen LogP) is 1.76. The minimum Gasteiger partial charge on any atom is -0.478 e. The summed E-state index contributed by atoms with van der Waals surface area (Å²) in [4.78, 5) is 14.6. The van der Waals surface area contributed by atoms with Crippen LogP contribution in [0.2, 0.25) is 0 Å². The van der Waals surface area contributed by atoms with Crippen molar-refractivity contribution in [3.05, 3.63) is 23.6 Å². The van der Waals surface area contributed by atoms with Crippen LogP contribution in [0, 0.1) is 5.82 Å². The molecule has 17 heavy (non-hydrogen) atoms. The maximum atomic E-state index is 12.9. The molecule has 1 aromatic rings. The third-order valence-electron chi connectivity index (χ3n) is 2.04. The zero-order chi connectivity index (χ0) is 12.8. The Kier molecular flexibility index (Phi) is 4.84. The highest BCUT2D eigenvalue weighted by Gasteiger charge is 2.14. The normalized spacial score (nSPS) is 12.2. The number of hydrogen-bond acceptors (Lipinski definition) is 4. The third kappa shape index (κ3) is 3.99. The average Bonchev–Trinajstić information content (AvgIpc) is 2.28. The fourth-order valence-electron chi connectivity index (χ4n) is 1.29. The number of carboxylic acids is 1. The van der Waals surface area contributed by atoms with Crippen LogP contribution < -0.4 is 5.32 Å². The highest BCUT2D eigenvalue weighted by Crippen LogP contribution is 2.14. The monoisotopic (exact) mass is 242 g/mol. The second-order valence-electron chi connectivity index (χ2n) is 3.56. The minimum absolute atomic E-state index is 0.106. The topological polar surface area (TPSA) is 71.5 Å². The van der Waals surface area contributed by atoms with Crippen molar-refractivity contribution in [2.24, 2.45) is 0 Å². The van der Waals surface area contributed by atoms with Gasteiger partial charge in [-0.2, -0.15) is 0 Å². The van der Waals surface area contributed by atoms with Gasteiger partial charge >= 0.3 is 5.97 Å². The van der Waals surface area contributed by atoms with E-state index in [1.54, 1.807) is 0 Å². The molecule has 0 aliphatic carbocycles. The molecule has 5 nitrogen and oxygen atoms in total. The number of nitrogens with one attached hydrogen (secondary N) is 1. The second-order valence-corrected chi connectivity index (χ2v) is 3.56. The van der Waals surface area contributed by atoms with Crippen molar-refractivity contribution in [2.45, 2.75) is 19.9 Å². The number of rotatable bonds is 6. The molecule has 0 aromatic carbocycles. The fraction of sp³-hybridized carbons (Fsp3) is 0.455. The Hall–Kier alpha value is -1.69. The molecule has 0 aliphatic heterocycles. The first-order chi connectivity index (χ1) is 8.04. The van der Waals surface area contributed by atoms with E-state index in [9.17, 15) is 9.18 Å². The van der Waals surface area contributed by atoms with Crippen molar-refractivity contribution in [3.63, 3.8) is 0 Å². The summed E-state index contributed by atoms with van der Waals surface area (Å²) in [6, 6.07) is 0.830. The first-order valence-electron chi connectivity index (χ1n) is 5.27. The molecule has 0 spiro atoms. The number of nitrogens with zero attached hydrogens (tertiary/aromatic N) is 1. The van der Waals surface area contributed by atoms with E-state index in [-0.39, 0.29) is 17.4 Å². The number of pyridine rings is 1. The van der Waals surface area contributed by atoms with Gasteiger partial charge in [0.25, 0.3) is 0 Å². The van der Waals surface area contributed by atoms with Gasteiger partial charge in [0.2, 0.25) is 0 Å². The van der Waals surface area contributed by atoms with Crippen LogP contribution in [-0.2, 0) is 4.74 Å². The van der Waals surface area contributed by atoms with Crippen LogP contribution in [0.15, 0.2) is 12.3 Å². The zero-order valence-corrected chi connectivity index (χ0v) is 9.74. The van der Waals surface area contributed by atoms with Crippen LogP contribution in [0.5, 0.6) is 0 Å². The first-order valence-corrected chi connectivity index (χ1v) is 5.27. The van der Waals surface area contributed by atoms with Crippen LogP contribution in [0.4, 0.5) is 10.2 Å². The number of aromatic carboxylic acids is 1. The molecule has 0 amide bonds. The van der Waals surface area contributed by atoms with Crippen LogP contribution in [0.3, 0.4) is 0 Å². The molecule has 1 aromatic heterocycles. The Morgan fingerprint density at radius 1 is 1.71 bits per heavy atom. The molecular weight excluding hydrogens is 227 g/mol. The molecule has 1 unspecified atom stereocenters. The molecule has 0 aliphatic rings. The standard InChI is InChI=1S/C11H15FN2O3/c1-3-17-6-7(2)14-10-9(11(15)16)4-8(12)5-13-10/h4-5,7H,3,6H2,1-2H3,(H,13,14)(H,15,16). The molecule has 0 radical (unpaired) electrons. The van der Waals surface area contributed by atoms with Crippen LogP contribution in [0.1, 0.15) is 24.2 Å². The van der Waals surface area contributed by atoms with Gasteiger partial charge in [0.05, 0.1) is 12.8 Å². The zero-order valence-electron chi connectivity index (χ0n) is 9.74. The Morgan fingerprint density at radius 2 is 2.41 bits per heavy atom. The molecule has 6 heteroatoms. The summed E-state index contributed by atoms with van der Waals surface area (Å²) in [7, 11) is 0. The molecule has 94 valence electrons. The lowest BCUT2D eigenvalue weighted by Gasteiger charge is -2.15. The van der Waals surface area contributed by atoms with Crippen molar-refractivity contribution in [3.8, 4) is 0 Å². The van der Waals surface area contributed by atoms with Gasteiger partial charge in [-0.1, -0.05) is 0 Å². The Balaban J connectivity index is 2.79. The summed E-state index contributed by atoms with van der Waals surface area (Å²) >= 11 is 0. The molecule has 1 rings (SSSR count). The van der Waals surface area contributed by atoms with Crippen molar-refractivity contribution in [2.75, 3.05) is 18.5 Å². The SMILES string of the molecule is CCOCC(C)Nc1ncc(F)cc1C(=O)O. The third-order valence-corrected chi connectivity index (χ3v) is 2.04. The number of halogens is 1. The van der Waals surface area contributed by atoms with Crippen molar-refractivity contribution in [1.29, 1.82) is 0 Å². The molecule has 1 heterocycles. The summed E-state index contributed by atoms with van der Waals surface area (Å²) in [6.45, 7) is 4.70. The number of anilines is 1. The van der Waals surface area contributed by atoms with E-state index in [1.165, 1.54) is 0 Å². The highest BCUT2D eigenvalue weighted by atomic mass is 19.1. The quantitative estimate of drug-likeness (QED) is 0.795. The van der Waals surface area contributed by atoms with Gasteiger partial charge < -0.3 is 15.2 Å². The van der Waals surface area contributed by atoms with Crippen LogP contribution in [0.25, 0.3) is 0 Å². The Bertz CT molecular complexity index is 398. The number of ether oxygens (including phenoxy) is 1. The van der Waals surface area contributed by atoms with Gasteiger partial charge in [-0.05, 0) is 19.9 Å². The smallest absolute Gasteiger partial charge is 0.339 e. The molecule has 0 saturated heterocycles. The molecular formula is C11H15FN2O3. The summed E-state index contributed by atoms with van der Waals surface area (Å²) in [5.74, 6) is -1.75. The van der Waals surface area contributed by atoms with E-state index in [1.807, 2.05) is 13.8 Å². The molecule has 0 bridgehead atoms. The summed E-state index contributed by atoms with van der Waals surface area (Å²) in [5, 5.41) is 11.8. The lowest BCUT2D eigenvalue weighted by molar-refractivity contribution is 0.0696. The lowest BCUT2D eigenvalue weighted by Crippen LogP contribution is -2.23. The van der Waals surface area contributed by atoms with Crippen molar-refractivity contribution in [1.82, 2.24) is 4.98 Å². The Morgan fingerprint density at radius 3 is 3.00 bits per heavy atom. The lowest BCUT2D eigenvalue weighted by atomic mass is 10.2. The van der Waals surface area contributed by atoms with Gasteiger partial charge in [-0.25, -0.2) is 14.2 Å². The molecule has 0 fully saturated rings. The number of carboxylic acid groups (broad SMARTS) is 1. The fourth-order valence-corrected chi connectivity index (χ4v) is 1.29. The van der Waals surface area contributed by atoms with Crippen LogP contribution in [-0.4, -0.2) is 35.3 Å². The summed E-state index contributed by atoms with van der Waals surface area (Å²) < 4.78 is 18.0. The largest absolute Gasteiger partial charge is 0.478 e. The van der Waals surface area contributed by atoms with E-state index in [2.05, 4.69) is 10.3 Å². The first kappa shape index (κ1) is 13.4. The van der Waals surface area contributed by atoms with Crippen molar-refractivity contribution < 1.29 is 19.0 Å². The summed E-state index contributed by atoms with van der Waals surface area (Å²) in [5.41, 5.74) is -0.187. The van der Waals surface area contributed by atoms with Crippen molar-refractivity contribution >= 4 is 11.8 Å². The second kappa shape index (κ2) is 6.15. The van der Waals surface area contributed by atoms with Gasteiger partial charge in [0.15, 0.2) is 0 Å². The van der Waals surface area contributed by atoms with E-state index < -0.39 is 11.8 Å². The van der Waals surface area contributed by atoms with Gasteiger partial charge in [0.1, 0.15) is 17.2 Å². The van der Waals surface area contributed by atoms with Gasteiger partial charge in [-0.3, -0.25) is 0 Å². The molecule has 0 saturated carbocycles. The average molecular weight is 242 g/mol. The maximum Gasteiger partial charge on any atom is 0.339 e. The predicted molar refractivity (Wildman–Crippen MR) is 60.7 cm³/mol. The summed E-state index contributed by atoms with van der Waals surface area (Å²) in [6.07, 6.45) is 0.974. The van der Waals surface area contributed by atoms with Gasteiger partial charge in [0, 0.05) is 12.6 Å². The van der Waals surface area contributed by atoms with E-state index in [0.717, 1.165) is 12.3 Å².